The Labute approximate surface area is 133 Å². The van der Waals surface area contributed by atoms with Gasteiger partial charge in [0.2, 0.25) is 0 Å². The molecule has 2 aromatic heterocycles. The van der Waals surface area contributed by atoms with Crippen LogP contribution in [-0.4, -0.2) is 28.0 Å². The van der Waals surface area contributed by atoms with Crippen molar-refractivity contribution in [3.63, 3.8) is 0 Å². The number of anilines is 1. The van der Waals surface area contributed by atoms with Gasteiger partial charge in [0.15, 0.2) is 0 Å². The lowest BCUT2D eigenvalue weighted by atomic mass is 10.1. The highest BCUT2D eigenvalue weighted by molar-refractivity contribution is 7.16. The molecule has 0 saturated carbocycles. The predicted octanol–water partition coefficient (Wildman–Crippen LogP) is 3.64. The summed E-state index contributed by atoms with van der Waals surface area (Å²) in [6.07, 6.45) is -4.43. The average molecular weight is 337 g/mol. The van der Waals surface area contributed by atoms with Crippen LogP contribution < -0.4 is 5.32 Å². The molecule has 118 valence electrons. The Morgan fingerprint density at radius 2 is 2.17 bits per heavy atom. The molecule has 1 N–H and O–H groups in total. The SMILES string of the molecule is CNc1c(C#N)c(-c2ccc3scnc3c2)nn1CC(F)(F)F. The minimum absolute atomic E-state index is 0.0400. The number of hydrogen-bond acceptors (Lipinski definition) is 5. The van der Waals surface area contributed by atoms with Crippen LogP contribution in [0, 0.1) is 11.3 Å². The molecule has 0 unspecified atom stereocenters. The highest BCUT2D eigenvalue weighted by atomic mass is 32.1. The van der Waals surface area contributed by atoms with Crippen LogP contribution in [0.2, 0.25) is 0 Å². The summed E-state index contributed by atoms with van der Waals surface area (Å²) >= 11 is 1.46. The Hall–Kier alpha value is -2.60. The van der Waals surface area contributed by atoms with Crippen molar-refractivity contribution in [3.8, 4) is 17.3 Å². The molecule has 2 heterocycles. The molecule has 0 saturated heterocycles. The fourth-order valence-electron chi connectivity index (χ4n) is 2.31. The molecule has 3 rings (SSSR count). The van der Waals surface area contributed by atoms with Crippen molar-refractivity contribution in [2.45, 2.75) is 12.7 Å². The maximum absolute atomic E-state index is 12.7. The van der Waals surface area contributed by atoms with E-state index in [1.165, 1.54) is 18.4 Å². The molecule has 0 aliphatic carbocycles. The van der Waals surface area contributed by atoms with Gasteiger partial charge in [-0.3, -0.25) is 0 Å². The number of nitrogens with one attached hydrogen (secondary N) is 1. The lowest BCUT2D eigenvalue weighted by molar-refractivity contribution is -0.142. The third kappa shape index (κ3) is 2.85. The first kappa shape index (κ1) is 15.3. The van der Waals surface area contributed by atoms with Gasteiger partial charge in [0, 0.05) is 12.6 Å². The summed E-state index contributed by atoms with van der Waals surface area (Å²) in [4.78, 5) is 4.17. The number of nitrogens with zero attached hydrogens (tertiary/aromatic N) is 4. The van der Waals surface area contributed by atoms with Crippen molar-refractivity contribution in [2.24, 2.45) is 0 Å². The first-order valence-electron chi connectivity index (χ1n) is 6.52. The van der Waals surface area contributed by atoms with E-state index in [4.69, 9.17) is 0 Å². The summed E-state index contributed by atoms with van der Waals surface area (Å²) in [6.45, 7) is -1.27. The first-order chi connectivity index (χ1) is 10.9. The normalized spacial score (nSPS) is 11.6. The quantitative estimate of drug-likeness (QED) is 0.792. The van der Waals surface area contributed by atoms with Gasteiger partial charge < -0.3 is 5.32 Å². The zero-order chi connectivity index (χ0) is 16.6. The number of aromatic nitrogens is 3. The summed E-state index contributed by atoms with van der Waals surface area (Å²) in [5.41, 5.74) is 3.23. The van der Waals surface area contributed by atoms with Crippen LogP contribution in [0.1, 0.15) is 5.56 Å². The van der Waals surface area contributed by atoms with Crippen LogP contribution in [0.5, 0.6) is 0 Å². The monoisotopic (exact) mass is 337 g/mol. The van der Waals surface area contributed by atoms with Gasteiger partial charge in [-0.05, 0) is 12.1 Å². The summed E-state index contributed by atoms with van der Waals surface area (Å²) in [5, 5.41) is 15.9. The number of rotatable bonds is 3. The Morgan fingerprint density at radius 3 is 2.83 bits per heavy atom. The molecular formula is C14H10F3N5S. The molecule has 9 heteroatoms. The highest BCUT2D eigenvalue weighted by Gasteiger charge is 2.31. The van der Waals surface area contributed by atoms with E-state index in [9.17, 15) is 18.4 Å². The van der Waals surface area contributed by atoms with E-state index in [0.29, 0.717) is 11.1 Å². The fourth-order valence-corrected chi connectivity index (χ4v) is 2.97. The van der Waals surface area contributed by atoms with E-state index < -0.39 is 12.7 Å². The number of nitriles is 1. The largest absolute Gasteiger partial charge is 0.408 e. The summed E-state index contributed by atoms with van der Waals surface area (Å²) < 4.78 is 39.8. The number of alkyl halides is 3. The van der Waals surface area contributed by atoms with Crippen LogP contribution in [0.15, 0.2) is 23.7 Å². The van der Waals surface area contributed by atoms with Crippen molar-refractivity contribution < 1.29 is 13.2 Å². The molecule has 0 radical (unpaired) electrons. The van der Waals surface area contributed by atoms with Crippen LogP contribution in [0.4, 0.5) is 19.0 Å². The van der Waals surface area contributed by atoms with Gasteiger partial charge in [0.25, 0.3) is 0 Å². The van der Waals surface area contributed by atoms with E-state index in [1.54, 1.807) is 17.6 Å². The number of fused-ring (bicyclic) bond motifs is 1. The second kappa shape index (κ2) is 5.55. The molecule has 5 nitrogen and oxygen atoms in total. The third-order valence-corrected chi connectivity index (χ3v) is 4.04. The van der Waals surface area contributed by atoms with Crippen LogP contribution in [-0.2, 0) is 6.54 Å². The Balaban J connectivity index is 2.16. The average Bonchev–Trinajstić information content (AvgIpc) is 3.08. The Kier molecular flexibility index (Phi) is 3.69. The van der Waals surface area contributed by atoms with E-state index >= 15 is 0 Å². The fraction of sp³-hybridized carbons (Fsp3) is 0.214. The second-order valence-corrected chi connectivity index (χ2v) is 5.63. The molecule has 0 fully saturated rings. The van der Waals surface area contributed by atoms with Crippen LogP contribution in [0.25, 0.3) is 21.5 Å². The van der Waals surface area contributed by atoms with Crippen molar-refractivity contribution in [1.29, 1.82) is 5.26 Å². The smallest absolute Gasteiger partial charge is 0.372 e. The maximum atomic E-state index is 12.7. The number of hydrogen-bond donors (Lipinski definition) is 1. The molecule has 0 aliphatic heterocycles. The molecule has 0 bridgehead atoms. The van der Waals surface area contributed by atoms with Crippen molar-refractivity contribution >= 4 is 27.4 Å². The van der Waals surface area contributed by atoms with Gasteiger partial charge in [0.1, 0.15) is 29.7 Å². The van der Waals surface area contributed by atoms with Gasteiger partial charge in [-0.25, -0.2) is 9.67 Å². The lowest BCUT2D eigenvalue weighted by Crippen LogP contribution is -2.20. The molecular weight excluding hydrogens is 327 g/mol. The van der Waals surface area contributed by atoms with Gasteiger partial charge in [-0.2, -0.15) is 23.5 Å². The first-order valence-corrected chi connectivity index (χ1v) is 7.40. The van der Waals surface area contributed by atoms with Gasteiger partial charge in [-0.1, -0.05) is 6.07 Å². The Bertz CT molecular complexity index is 903. The maximum Gasteiger partial charge on any atom is 0.408 e. The molecule has 3 aromatic rings. The highest BCUT2D eigenvalue weighted by Crippen LogP contribution is 2.32. The molecule has 0 spiro atoms. The van der Waals surface area contributed by atoms with E-state index in [2.05, 4.69) is 15.4 Å². The summed E-state index contributed by atoms with van der Waals surface area (Å²) in [7, 11) is 1.46. The molecule has 0 aliphatic rings. The van der Waals surface area contributed by atoms with Gasteiger partial charge >= 0.3 is 6.18 Å². The predicted molar refractivity (Wildman–Crippen MR) is 81.2 cm³/mol. The topological polar surface area (TPSA) is 66.5 Å². The van der Waals surface area contributed by atoms with E-state index in [0.717, 1.165) is 9.38 Å². The molecule has 0 amide bonds. The van der Waals surface area contributed by atoms with Crippen molar-refractivity contribution in [3.05, 3.63) is 29.3 Å². The number of benzene rings is 1. The number of halogens is 3. The number of thiazole rings is 1. The molecule has 1 aromatic carbocycles. The van der Waals surface area contributed by atoms with Gasteiger partial charge in [0.05, 0.1) is 15.7 Å². The Morgan fingerprint density at radius 1 is 1.39 bits per heavy atom. The third-order valence-electron chi connectivity index (χ3n) is 3.23. The second-order valence-electron chi connectivity index (χ2n) is 4.74. The minimum Gasteiger partial charge on any atom is -0.372 e. The zero-order valence-electron chi connectivity index (χ0n) is 11.8. The van der Waals surface area contributed by atoms with Crippen molar-refractivity contribution in [1.82, 2.24) is 14.8 Å². The van der Waals surface area contributed by atoms with E-state index in [1.807, 2.05) is 12.1 Å². The molecule has 0 atom stereocenters. The summed E-state index contributed by atoms with van der Waals surface area (Å²) in [6, 6.07) is 7.18. The van der Waals surface area contributed by atoms with E-state index in [-0.39, 0.29) is 17.1 Å². The minimum atomic E-state index is -4.43. The van der Waals surface area contributed by atoms with Crippen LogP contribution >= 0.6 is 11.3 Å². The van der Waals surface area contributed by atoms with Gasteiger partial charge in [-0.15, -0.1) is 11.3 Å². The summed E-state index contributed by atoms with van der Waals surface area (Å²) in [5.74, 6) is 0.0400. The zero-order valence-corrected chi connectivity index (χ0v) is 12.7. The van der Waals surface area contributed by atoms with Crippen molar-refractivity contribution in [2.75, 3.05) is 12.4 Å². The molecule has 23 heavy (non-hydrogen) atoms. The standard InChI is InChI=1S/C14H10F3N5S/c1-19-13-9(5-18)12(21-22(13)6-14(15,16)17)8-2-3-11-10(4-8)20-7-23-11/h2-4,7,19H,6H2,1H3. The van der Waals surface area contributed by atoms with Crippen LogP contribution in [0.3, 0.4) is 0 Å². The lowest BCUT2D eigenvalue weighted by Gasteiger charge is -2.09.